The molecule has 0 spiro atoms. The van der Waals surface area contributed by atoms with Gasteiger partial charge >= 0.3 is 5.97 Å². The molecule has 7 nitrogen and oxygen atoms in total. The molecule has 2 rings (SSSR count). The van der Waals surface area contributed by atoms with Crippen molar-refractivity contribution in [3.8, 4) is 0 Å². The van der Waals surface area contributed by atoms with Gasteiger partial charge in [0.2, 0.25) is 5.91 Å². The third kappa shape index (κ3) is 2.76. The predicted octanol–water partition coefficient (Wildman–Crippen LogP) is 0.117. The van der Waals surface area contributed by atoms with Crippen molar-refractivity contribution in [1.29, 1.82) is 0 Å². The van der Waals surface area contributed by atoms with E-state index in [4.69, 9.17) is 10.8 Å². The molecule has 106 valence electrons. The summed E-state index contributed by atoms with van der Waals surface area (Å²) >= 11 is 0. The monoisotopic (exact) mass is 277 g/mol. The normalized spacial score (nSPS) is 18.6. The largest absolute Gasteiger partial charge is 0.478 e. The van der Waals surface area contributed by atoms with Crippen LogP contribution in [0.4, 0.5) is 0 Å². The zero-order valence-corrected chi connectivity index (χ0v) is 10.8. The van der Waals surface area contributed by atoms with Crippen LogP contribution in [0.2, 0.25) is 0 Å². The number of nitrogens with two attached hydrogens (primary N) is 1. The molecule has 20 heavy (non-hydrogen) atoms. The smallest absolute Gasteiger partial charge is 0.338 e. The topological polar surface area (TPSA) is 114 Å². The van der Waals surface area contributed by atoms with Gasteiger partial charge in [0, 0.05) is 19.3 Å². The zero-order chi connectivity index (χ0) is 14.7. The first-order valence-corrected chi connectivity index (χ1v) is 6.27. The number of pyridine rings is 1. The Kier molecular flexibility index (Phi) is 3.97. The van der Waals surface area contributed by atoms with Gasteiger partial charge in [-0.05, 0) is 25.0 Å². The number of carbonyl (C=O) groups is 3. The van der Waals surface area contributed by atoms with E-state index in [0.29, 0.717) is 19.4 Å². The van der Waals surface area contributed by atoms with Crippen molar-refractivity contribution >= 4 is 17.8 Å². The molecule has 1 saturated heterocycles. The number of aromatic carboxylic acids is 1. The van der Waals surface area contributed by atoms with Crippen molar-refractivity contribution in [2.24, 2.45) is 11.7 Å². The Hall–Kier alpha value is -2.44. The van der Waals surface area contributed by atoms with E-state index in [9.17, 15) is 14.4 Å². The minimum Gasteiger partial charge on any atom is -0.478 e. The van der Waals surface area contributed by atoms with Crippen molar-refractivity contribution in [2.75, 3.05) is 13.1 Å². The SMILES string of the molecule is NC(=O)C1CCCN(C(=O)c2ncccc2C(=O)O)C1. The van der Waals surface area contributed by atoms with Crippen LogP contribution in [-0.2, 0) is 4.79 Å². The molecule has 1 aromatic rings. The Morgan fingerprint density at radius 3 is 2.80 bits per heavy atom. The van der Waals surface area contributed by atoms with Gasteiger partial charge in [0.1, 0.15) is 5.69 Å². The Morgan fingerprint density at radius 2 is 2.15 bits per heavy atom. The Morgan fingerprint density at radius 1 is 1.40 bits per heavy atom. The number of carbonyl (C=O) groups excluding carboxylic acids is 2. The quantitative estimate of drug-likeness (QED) is 0.814. The van der Waals surface area contributed by atoms with Crippen LogP contribution in [0.15, 0.2) is 18.3 Å². The lowest BCUT2D eigenvalue weighted by Gasteiger charge is -2.31. The van der Waals surface area contributed by atoms with E-state index in [1.807, 2.05) is 0 Å². The Bertz CT molecular complexity index is 558. The van der Waals surface area contributed by atoms with Crippen LogP contribution in [0.5, 0.6) is 0 Å². The number of amides is 2. The number of primary amides is 1. The lowest BCUT2D eigenvalue weighted by molar-refractivity contribution is -0.123. The van der Waals surface area contributed by atoms with Crippen molar-refractivity contribution in [3.05, 3.63) is 29.6 Å². The van der Waals surface area contributed by atoms with Crippen LogP contribution in [0.3, 0.4) is 0 Å². The van der Waals surface area contributed by atoms with Crippen LogP contribution < -0.4 is 5.73 Å². The van der Waals surface area contributed by atoms with Gasteiger partial charge in [0.05, 0.1) is 11.5 Å². The van der Waals surface area contributed by atoms with E-state index in [1.54, 1.807) is 0 Å². The number of rotatable bonds is 3. The van der Waals surface area contributed by atoms with E-state index < -0.39 is 17.8 Å². The summed E-state index contributed by atoms with van der Waals surface area (Å²) in [6.07, 6.45) is 2.68. The minimum absolute atomic E-state index is 0.106. The molecule has 1 unspecified atom stereocenters. The number of likely N-dealkylation sites (tertiary alicyclic amines) is 1. The molecule has 1 aliphatic rings. The van der Waals surface area contributed by atoms with Gasteiger partial charge in [0.15, 0.2) is 0 Å². The number of piperidine rings is 1. The summed E-state index contributed by atoms with van der Waals surface area (Å²) in [4.78, 5) is 39.9. The van der Waals surface area contributed by atoms with E-state index in [-0.39, 0.29) is 23.7 Å². The van der Waals surface area contributed by atoms with Crippen LogP contribution in [-0.4, -0.2) is 45.9 Å². The van der Waals surface area contributed by atoms with Crippen molar-refractivity contribution in [2.45, 2.75) is 12.8 Å². The maximum Gasteiger partial charge on any atom is 0.338 e. The molecule has 1 fully saturated rings. The standard InChI is InChI=1S/C13H15N3O4/c14-11(17)8-3-2-6-16(7-8)12(18)10-9(13(19)20)4-1-5-15-10/h1,4-5,8H,2-3,6-7H2,(H2,14,17)(H,19,20). The highest BCUT2D eigenvalue weighted by molar-refractivity contribution is 6.03. The van der Waals surface area contributed by atoms with Crippen LogP contribution in [0.25, 0.3) is 0 Å². The molecule has 7 heteroatoms. The fourth-order valence-corrected chi connectivity index (χ4v) is 2.29. The van der Waals surface area contributed by atoms with E-state index in [2.05, 4.69) is 4.98 Å². The minimum atomic E-state index is -1.20. The highest BCUT2D eigenvalue weighted by Crippen LogP contribution is 2.19. The van der Waals surface area contributed by atoms with Crippen molar-refractivity contribution < 1.29 is 19.5 Å². The van der Waals surface area contributed by atoms with Crippen LogP contribution >= 0.6 is 0 Å². The van der Waals surface area contributed by atoms with Crippen LogP contribution in [0, 0.1) is 5.92 Å². The average Bonchev–Trinajstić information content (AvgIpc) is 2.46. The molecule has 0 aromatic carbocycles. The summed E-state index contributed by atoms with van der Waals surface area (Å²) in [5.41, 5.74) is 5.01. The summed E-state index contributed by atoms with van der Waals surface area (Å²) in [7, 11) is 0. The fourth-order valence-electron chi connectivity index (χ4n) is 2.29. The third-order valence-electron chi connectivity index (χ3n) is 3.35. The molecule has 1 aromatic heterocycles. The number of aromatic nitrogens is 1. The predicted molar refractivity (Wildman–Crippen MR) is 69.0 cm³/mol. The Balaban J connectivity index is 2.23. The molecular weight excluding hydrogens is 262 g/mol. The van der Waals surface area contributed by atoms with Crippen molar-refractivity contribution in [1.82, 2.24) is 9.88 Å². The summed E-state index contributed by atoms with van der Waals surface area (Å²) < 4.78 is 0. The lowest BCUT2D eigenvalue weighted by Crippen LogP contribution is -2.44. The molecule has 2 heterocycles. The van der Waals surface area contributed by atoms with Gasteiger partial charge in [-0.1, -0.05) is 0 Å². The molecule has 0 radical (unpaired) electrons. The second-order valence-electron chi connectivity index (χ2n) is 4.70. The summed E-state index contributed by atoms with van der Waals surface area (Å²) in [5.74, 6) is -2.51. The number of carboxylic acid groups (broad SMARTS) is 1. The highest BCUT2D eigenvalue weighted by Gasteiger charge is 2.30. The summed E-state index contributed by atoms with van der Waals surface area (Å²) in [5, 5.41) is 9.07. The van der Waals surface area contributed by atoms with Gasteiger partial charge in [-0.3, -0.25) is 14.6 Å². The molecule has 1 atom stereocenters. The number of hydrogen-bond acceptors (Lipinski definition) is 4. The lowest BCUT2D eigenvalue weighted by atomic mass is 9.97. The molecule has 3 N–H and O–H groups in total. The molecule has 0 aliphatic carbocycles. The average molecular weight is 277 g/mol. The van der Waals surface area contributed by atoms with Crippen molar-refractivity contribution in [3.63, 3.8) is 0 Å². The van der Waals surface area contributed by atoms with Gasteiger partial charge in [-0.2, -0.15) is 0 Å². The van der Waals surface area contributed by atoms with Gasteiger partial charge in [0.25, 0.3) is 5.91 Å². The third-order valence-corrected chi connectivity index (χ3v) is 3.35. The van der Waals surface area contributed by atoms with E-state index >= 15 is 0 Å². The maximum atomic E-state index is 12.3. The summed E-state index contributed by atoms with van der Waals surface area (Å²) in [6.45, 7) is 0.683. The molecule has 1 aliphatic heterocycles. The molecule has 0 bridgehead atoms. The number of hydrogen-bond donors (Lipinski definition) is 2. The molecule has 2 amide bonds. The maximum absolute atomic E-state index is 12.3. The second-order valence-corrected chi connectivity index (χ2v) is 4.70. The zero-order valence-electron chi connectivity index (χ0n) is 10.8. The first kappa shape index (κ1) is 14.0. The van der Waals surface area contributed by atoms with Gasteiger partial charge in [-0.25, -0.2) is 4.79 Å². The highest BCUT2D eigenvalue weighted by atomic mass is 16.4. The first-order valence-electron chi connectivity index (χ1n) is 6.27. The van der Waals surface area contributed by atoms with Gasteiger partial charge < -0.3 is 15.7 Å². The second kappa shape index (κ2) is 5.68. The van der Waals surface area contributed by atoms with Crippen LogP contribution in [0.1, 0.15) is 33.7 Å². The Labute approximate surface area is 115 Å². The first-order chi connectivity index (χ1) is 9.50. The number of carboxylic acids is 1. The molecular formula is C13H15N3O4. The van der Waals surface area contributed by atoms with E-state index in [0.717, 1.165) is 0 Å². The fraction of sp³-hybridized carbons (Fsp3) is 0.385. The number of nitrogens with zero attached hydrogens (tertiary/aromatic N) is 2. The molecule has 0 saturated carbocycles. The van der Waals surface area contributed by atoms with Gasteiger partial charge in [-0.15, -0.1) is 0 Å². The summed E-state index contributed by atoms with van der Waals surface area (Å²) in [6, 6.07) is 2.79. The van der Waals surface area contributed by atoms with E-state index in [1.165, 1.54) is 23.2 Å².